The molecule has 1 aromatic carbocycles. The van der Waals surface area contributed by atoms with Crippen LogP contribution in [-0.4, -0.2) is 40.0 Å². The number of ether oxygens (including phenoxy) is 2. The third-order valence-corrected chi connectivity index (χ3v) is 2.71. The first-order chi connectivity index (χ1) is 9.60. The van der Waals surface area contributed by atoms with E-state index in [2.05, 4.69) is 15.5 Å². The van der Waals surface area contributed by atoms with Crippen molar-refractivity contribution in [2.24, 2.45) is 0 Å². The normalized spacial score (nSPS) is 11.0. The van der Waals surface area contributed by atoms with Crippen LogP contribution in [-0.2, 0) is 11.3 Å². The Hall–Kier alpha value is -2.15. The average molecular weight is 277 g/mol. The number of nitrogen functional groups attached to an aromatic ring is 1. The second-order valence-electron chi connectivity index (χ2n) is 4.64. The number of aromatic nitrogens is 4. The molecule has 0 radical (unpaired) electrons. The van der Waals surface area contributed by atoms with E-state index in [1.807, 2.05) is 26.0 Å². The van der Waals surface area contributed by atoms with Gasteiger partial charge in [-0.1, -0.05) is 0 Å². The molecular weight excluding hydrogens is 258 g/mol. The molecule has 0 saturated heterocycles. The van der Waals surface area contributed by atoms with Crippen molar-refractivity contribution in [3.63, 3.8) is 0 Å². The fraction of sp³-hybridized carbons (Fsp3) is 0.462. The van der Waals surface area contributed by atoms with Crippen LogP contribution >= 0.6 is 0 Å². The summed E-state index contributed by atoms with van der Waals surface area (Å²) < 4.78 is 12.4. The molecule has 20 heavy (non-hydrogen) atoms. The van der Waals surface area contributed by atoms with Gasteiger partial charge in [0.05, 0.1) is 26.4 Å². The lowest BCUT2D eigenvalue weighted by atomic mass is 10.2. The van der Waals surface area contributed by atoms with Crippen LogP contribution in [0.1, 0.15) is 13.8 Å². The Kier molecular flexibility index (Phi) is 4.52. The van der Waals surface area contributed by atoms with Gasteiger partial charge >= 0.3 is 0 Å². The number of nitrogens with zero attached hydrogens (tertiary/aromatic N) is 4. The number of tetrazole rings is 1. The fourth-order valence-corrected chi connectivity index (χ4v) is 1.81. The van der Waals surface area contributed by atoms with Crippen molar-refractivity contribution < 1.29 is 9.47 Å². The maximum Gasteiger partial charge on any atom is 0.182 e. The molecule has 2 N–H and O–H groups in total. The molecule has 0 saturated carbocycles. The summed E-state index contributed by atoms with van der Waals surface area (Å²) in [6.45, 7) is 5.11. The number of methoxy groups -OCH3 is 1. The number of anilines is 1. The van der Waals surface area contributed by atoms with Gasteiger partial charge in [0.2, 0.25) is 0 Å². The van der Waals surface area contributed by atoms with E-state index < -0.39 is 0 Å². The van der Waals surface area contributed by atoms with Gasteiger partial charge in [-0.25, -0.2) is 4.68 Å². The van der Waals surface area contributed by atoms with Gasteiger partial charge in [-0.3, -0.25) is 0 Å². The van der Waals surface area contributed by atoms with Crippen molar-refractivity contribution in [3.8, 4) is 17.1 Å². The molecule has 0 atom stereocenters. The Morgan fingerprint density at radius 1 is 1.30 bits per heavy atom. The van der Waals surface area contributed by atoms with Gasteiger partial charge in [0.1, 0.15) is 5.75 Å². The number of hydrogen-bond acceptors (Lipinski definition) is 6. The minimum atomic E-state index is 0.183. The van der Waals surface area contributed by atoms with Gasteiger partial charge < -0.3 is 15.2 Å². The number of rotatable bonds is 6. The second-order valence-corrected chi connectivity index (χ2v) is 4.64. The monoisotopic (exact) mass is 277 g/mol. The zero-order valence-electron chi connectivity index (χ0n) is 11.9. The molecule has 2 aromatic rings. The summed E-state index contributed by atoms with van der Waals surface area (Å²) in [6.07, 6.45) is 0.183. The van der Waals surface area contributed by atoms with Crippen LogP contribution < -0.4 is 10.5 Å². The number of benzene rings is 1. The smallest absolute Gasteiger partial charge is 0.182 e. The molecular formula is C13H19N5O2. The predicted octanol–water partition coefficient (Wildman–Crippen LogP) is 1.36. The summed E-state index contributed by atoms with van der Waals surface area (Å²) in [7, 11) is 1.60. The van der Waals surface area contributed by atoms with Crippen molar-refractivity contribution >= 4 is 5.69 Å². The molecule has 7 nitrogen and oxygen atoms in total. The maximum absolute atomic E-state index is 5.85. The molecule has 0 amide bonds. The van der Waals surface area contributed by atoms with E-state index in [1.54, 1.807) is 17.9 Å². The first-order valence-electron chi connectivity index (χ1n) is 6.43. The SMILES string of the molecule is COc1cc(N)cc(-c2nnnn2CCOC(C)C)c1. The zero-order valence-corrected chi connectivity index (χ0v) is 11.9. The summed E-state index contributed by atoms with van der Waals surface area (Å²) in [6, 6.07) is 5.41. The molecule has 2 rings (SSSR count). The summed E-state index contributed by atoms with van der Waals surface area (Å²) in [4.78, 5) is 0. The van der Waals surface area contributed by atoms with Crippen LogP contribution in [0.3, 0.4) is 0 Å². The zero-order chi connectivity index (χ0) is 14.5. The Morgan fingerprint density at radius 2 is 2.10 bits per heavy atom. The van der Waals surface area contributed by atoms with E-state index in [0.717, 1.165) is 5.56 Å². The van der Waals surface area contributed by atoms with Crippen molar-refractivity contribution in [1.29, 1.82) is 0 Å². The Morgan fingerprint density at radius 3 is 2.80 bits per heavy atom. The van der Waals surface area contributed by atoms with Crippen molar-refractivity contribution in [2.45, 2.75) is 26.5 Å². The lowest BCUT2D eigenvalue weighted by Crippen LogP contribution is -2.12. The highest BCUT2D eigenvalue weighted by molar-refractivity contribution is 5.64. The molecule has 0 aliphatic rings. The lowest BCUT2D eigenvalue weighted by molar-refractivity contribution is 0.0709. The van der Waals surface area contributed by atoms with E-state index in [1.165, 1.54) is 0 Å². The molecule has 108 valence electrons. The molecule has 0 bridgehead atoms. The molecule has 0 aliphatic heterocycles. The van der Waals surface area contributed by atoms with Crippen LogP contribution in [0.25, 0.3) is 11.4 Å². The molecule has 0 fully saturated rings. The quantitative estimate of drug-likeness (QED) is 0.802. The second kappa shape index (κ2) is 6.33. The highest BCUT2D eigenvalue weighted by Crippen LogP contribution is 2.25. The van der Waals surface area contributed by atoms with Gasteiger partial charge in [-0.05, 0) is 36.4 Å². The maximum atomic E-state index is 5.85. The minimum Gasteiger partial charge on any atom is -0.497 e. The van der Waals surface area contributed by atoms with E-state index in [9.17, 15) is 0 Å². The van der Waals surface area contributed by atoms with Gasteiger partial charge in [-0.15, -0.1) is 5.10 Å². The molecule has 1 heterocycles. The molecule has 1 aromatic heterocycles. The fourth-order valence-electron chi connectivity index (χ4n) is 1.81. The topological polar surface area (TPSA) is 88.1 Å². The third kappa shape index (κ3) is 3.45. The van der Waals surface area contributed by atoms with Crippen LogP contribution in [0.5, 0.6) is 5.75 Å². The van der Waals surface area contributed by atoms with Crippen LogP contribution in [0.2, 0.25) is 0 Å². The Balaban J connectivity index is 2.20. The molecule has 7 heteroatoms. The first kappa shape index (κ1) is 14.3. The largest absolute Gasteiger partial charge is 0.497 e. The van der Waals surface area contributed by atoms with E-state index >= 15 is 0 Å². The standard InChI is InChI=1S/C13H19N5O2/c1-9(2)20-5-4-18-13(15-16-17-18)10-6-11(14)8-12(7-10)19-3/h6-9H,4-5,14H2,1-3H3. The predicted molar refractivity (Wildman–Crippen MR) is 75.3 cm³/mol. The molecule has 0 aliphatic carbocycles. The average Bonchev–Trinajstić information content (AvgIpc) is 2.86. The number of hydrogen-bond donors (Lipinski definition) is 1. The van der Waals surface area contributed by atoms with Crippen molar-refractivity contribution in [2.75, 3.05) is 19.5 Å². The molecule has 0 unspecified atom stereocenters. The third-order valence-electron chi connectivity index (χ3n) is 2.71. The van der Waals surface area contributed by atoms with Gasteiger partial charge in [-0.2, -0.15) is 0 Å². The summed E-state index contributed by atoms with van der Waals surface area (Å²) >= 11 is 0. The molecule has 0 spiro atoms. The Bertz CT molecular complexity index is 568. The van der Waals surface area contributed by atoms with Gasteiger partial charge in [0.15, 0.2) is 5.82 Å². The summed E-state index contributed by atoms with van der Waals surface area (Å²) in [5, 5.41) is 11.7. The van der Waals surface area contributed by atoms with Crippen LogP contribution in [0.15, 0.2) is 18.2 Å². The van der Waals surface area contributed by atoms with E-state index in [-0.39, 0.29) is 6.10 Å². The Labute approximate surface area is 117 Å². The highest BCUT2D eigenvalue weighted by atomic mass is 16.5. The minimum absolute atomic E-state index is 0.183. The first-order valence-corrected chi connectivity index (χ1v) is 6.43. The van der Waals surface area contributed by atoms with Crippen LogP contribution in [0.4, 0.5) is 5.69 Å². The number of nitrogens with two attached hydrogens (primary N) is 1. The van der Waals surface area contributed by atoms with E-state index in [4.69, 9.17) is 15.2 Å². The van der Waals surface area contributed by atoms with Crippen LogP contribution in [0, 0.1) is 0 Å². The van der Waals surface area contributed by atoms with Gasteiger partial charge in [0.25, 0.3) is 0 Å². The summed E-state index contributed by atoms with van der Waals surface area (Å²) in [5.41, 5.74) is 7.27. The van der Waals surface area contributed by atoms with Crippen molar-refractivity contribution in [1.82, 2.24) is 20.2 Å². The van der Waals surface area contributed by atoms with Gasteiger partial charge in [0, 0.05) is 17.3 Å². The van der Waals surface area contributed by atoms with E-state index in [0.29, 0.717) is 30.4 Å². The lowest BCUT2D eigenvalue weighted by Gasteiger charge is -2.09. The summed E-state index contributed by atoms with van der Waals surface area (Å²) in [5.74, 6) is 1.32. The highest BCUT2D eigenvalue weighted by Gasteiger charge is 2.11. The van der Waals surface area contributed by atoms with Crippen molar-refractivity contribution in [3.05, 3.63) is 18.2 Å².